The quantitative estimate of drug-likeness (QED) is 0.227. The van der Waals surface area contributed by atoms with Crippen LogP contribution in [-0.4, -0.2) is 20.8 Å². The third kappa shape index (κ3) is 7.04. The van der Waals surface area contributed by atoms with E-state index in [9.17, 15) is 5.11 Å². The summed E-state index contributed by atoms with van der Waals surface area (Å²) in [6, 6.07) is 7.79. The Balaban J connectivity index is 0.00000300. The number of hydrogen-bond donors (Lipinski definition) is 1. The standard InChI is InChI=1S/C23H30Cl2NO2.Y/c1-2-3-4-10-22(27)21-12-11-16(15-26-21)23-18(19(24)14-20(23)25)9-5-7-17-8-6-13-28-17;/h6,8,11-12,15,18-20,22-23,27H,2-5,7,9-10,14H2,1H3;/q-1;. The van der Waals surface area contributed by atoms with Gasteiger partial charge in [-0.2, -0.15) is 6.07 Å². The third-order valence-corrected chi connectivity index (χ3v) is 6.82. The number of nitrogens with zero attached hydrogens (tertiary/aromatic N) is 1. The van der Waals surface area contributed by atoms with Crippen molar-refractivity contribution in [1.82, 2.24) is 4.98 Å². The number of aryl methyl sites for hydroxylation is 1. The van der Waals surface area contributed by atoms with Gasteiger partial charge in [-0.25, -0.2) is 0 Å². The van der Waals surface area contributed by atoms with Crippen LogP contribution in [0.2, 0.25) is 0 Å². The van der Waals surface area contributed by atoms with Gasteiger partial charge in [-0.05, 0) is 43.1 Å². The van der Waals surface area contributed by atoms with Crippen LogP contribution in [-0.2, 0) is 39.1 Å². The predicted molar refractivity (Wildman–Crippen MR) is 114 cm³/mol. The van der Waals surface area contributed by atoms with Gasteiger partial charge in [-0.15, -0.1) is 29.3 Å². The number of aromatic nitrogens is 1. The molecule has 5 unspecified atom stereocenters. The minimum atomic E-state index is -0.488. The van der Waals surface area contributed by atoms with Crippen molar-refractivity contribution in [2.24, 2.45) is 5.92 Å². The molecule has 0 saturated heterocycles. The number of unbranched alkanes of at least 4 members (excludes halogenated alkanes) is 2. The molecule has 0 aromatic carbocycles. The fourth-order valence-electron chi connectivity index (χ4n) is 4.31. The zero-order valence-corrected chi connectivity index (χ0v) is 21.4. The summed E-state index contributed by atoms with van der Waals surface area (Å²) in [5.41, 5.74) is 1.88. The van der Waals surface area contributed by atoms with Crippen LogP contribution in [0.1, 0.15) is 80.9 Å². The van der Waals surface area contributed by atoms with Gasteiger partial charge in [-0.1, -0.05) is 50.9 Å². The molecule has 1 saturated carbocycles. The maximum Gasteiger partial charge on any atom is 0.0959 e. The van der Waals surface area contributed by atoms with Crippen LogP contribution in [0.15, 0.2) is 34.9 Å². The van der Waals surface area contributed by atoms with E-state index >= 15 is 0 Å². The molecule has 0 spiro atoms. The average molecular weight is 512 g/mol. The van der Waals surface area contributed by atoms with Gasteiger partial charge in [0, 0.05) is 55.6 Å². The van der Waals surface area contributed by atoms with E-state index in [4.69, 9.17) is 27.6 Å². The molecule has 1 aliphatic carbocycles. The Kier molecular flexibility index (Phi) is 11.2. The molecule has 6 heteroatoms. The largest absolute Gasteiger partial charge is 0.596 e. The van der Waals surface area contributed by atoms with Crippen LogP contribution in [0.4, 0.5) is 0 Å². The fraction of sp³-hybridized carbons (Fsp3) is 0.609. The van der Waals surface area contributed by atoms with E-state index < -0.39 is 6.10 Å². The number of pyridine rings is 1. The molecular weight excluding hydrogens is 482 g/mol. The Bertz CT molecular complexity index is 695. The predicted octanol–water partition coefficient (Wildman–Crippen LogP) is 6.43. The zero-order chi connectivity index (χ0) is 19.9. The Morgan fingerprint density at radius 1 is 1.21 bits per heavy atom. The summed E-state index contributed by atoms with van der Waals surface area (Å²) in [4.78, 5) is 4.55. The van der Waals surface area contributed by atoms with E-state index in [0.29, 0.717) is 5.92 Å². The summed E-state index contributed by atoms with van der Waals surface area (Å²) in [6.45, 7) is 2.16. The van der Waals surface area contributed by atoms with Crippen molar-refractivity contribution in [2.75, 3.05) is 0 Å². The minimum absolute atomic E-state index is 0. The summed E-state index contributed by atoms with van der Waals surface area (Å²) in [7, 11) is 0. The number of furan rings is 1. The fourth-order valence-corrected chi connectivity index (χ4v) is 5.40. The monoisotopic (exact) mass is 511 g/mol. The number of aliphatic hydroxyl groups is 1. The normalized spacial score (nSPS) is 25.0. The SMILES string of the molecule is CCCCCC(O)c1ccc(C2C(Cl)CC(Cl)C2CCCc2cc[c-]o2)cn1.[Y]. The second-order valence-electron chi connectivity index (χ2n) is 7.90. The van der Waals surface area contributed by atoms with Crippen molar-refractivity contribution < 1.29 is 42.2 Å². The molecule has 1 fully saturated rings. The van der Waals surface area contributed by atoms with Gasteiger partial charge < -0.3 is 9.52 Å². The van der Waals surface area contributed by atoms with Gasteiger partial charge >= 0.3 is 0 Å². The first kappa shape index (κ1) is 25.3. The van der Waals surface area contributed by atoms with Gasteiger partial charge in [0.15, 0.2) is 0 Å². The molecule has 5 atom stereocenters. The molecule has 29 heavy (non-hydrogen) atoms. The maximum absolute atomic E-state index is 10.3. The van der Waals surface area contributed by atoms with Crippen molar-refractivity contribution in [1.29, 1.82) is 0 Å². The van der Waals surface area contributed by atoms with Crippen molar-refractivity contribution in [3.8, 4) is 0 Å². The molecule has 3 rings (SSSR count). The molecule has 1 aliphatic rings. The summed E-state index contributed by atoms with van der Waals surface area (Å²) in [5, 5.41) is 10.4. The molecule has 157 valence electrons. The maximum atomic E-state index is 10.3. The van der Waals surface area contributed by atoms with E-state index in [1.165, 1.54) is 0 Å². The molecule has 2 aromatic heterocycles. The summed E-state index contributed by atoms with van der Waals surface area (Å²) < 4.78 is 5.31. The van der Waals surface area contributed by atoms with Crippen molar-refractivity contribution in [3.63, 3.8) is 0 Å². The molecular formula is C23H30Cl2NO2Y-. The van der Waals surface area contributed by atoms with Gasteiger partial charge in [0.25, 0.3) is 0 Å². The van der Waals surface area contributed by atoms with E-state index in [2.05, 4.69) is 24.2 Å². The van der Waals surface area contributed by atoms with Crippen LogP contribution in [0, 0.1) is 12.2 Å². The van der Waals surface area contributed by atoms with Crippen LogP contribution < -0.4 is 0 Å². The minimum Gasteiger partial charge on any atom is -0.596 e. The van der Waals surface area contributed by atoms with E-state index in [-0.39, 0.29) is 49.4 Å². The Labute approximate surface area is 209 Å². The molecule has 2 aromatic rings. The molecule has 0 aliphatic heterocycles. The Hall–Kier alpha value is 0.0739. The van der Waals surface area contributed by atoms with Gasteiger partial charge in [0.1, 0.15) is 0 Å². The van der Waals surface area contributed by atoms with Crippen LogP contribution in [0.5, 0.6) is 0 Å². The number of halogens is 2. The first-order valence-corrected chi connectivity index (χ1v) is 11.3. The Morgan fingerprint density at radius 2 is 2.03 bits per heavy atom. The summed E-state index contributed by atoms with van der Waals surface area (Å²) in [5.74, 6) is 1.49. The molecule has 3 nitrogen and oxygen atoms in total. The van der Waals surface area contributed by atoms with Crippen molar-refractivity contribution in [3.05, 3.63) is 53.7 Å². The zero-order valence-electron chi connectivity index (χ0n) is 17.1. The van der Waals surface area contributed by atoms with Gasteiger partial charge in [0.05, 0.1) is 11.8 Å². The molecule has 0 amide bonds. The van der Waals surface area contributed by atoms with Crippen LogP contribution in [0.25, 0.3) is 0 Å². The number of aliphatic hydroxyl groups excluding tert-OH is 1. The summed E-state index contributed by atoms with van der Waals surface area (Å²) in [6.07, 6.45) is 11.9. The smallest absolute Gasteiger partial charge is 0.0959 e. The van der Waals surface area contributed by atoms with Crippen molar-refractivity contribution >= 4 is 23.2 Å². The van der Waals surface area contributed by atoms with E-state index in [0.717, 1.165) is 68.4 Å². The van der Waals surface area contributed by atoms with Gasteiger partial charge in [0.2, 0.25) is 0 Å². The second-order valence-corrected chi connectivity index (χ2v) is 9.02. The first-order valence-electron chi connectivity index (χ1n) is 10.5. The van der Waals surface area contributed by atoms with Crippen molar-refractivity contribution in [2.45, 2.75) is 81.1 Å². The second kappa shape index (κ2) is 12.8. The average Bonchev–Trinajstić information content (AvgIpc) is 3.30. The number of hydrogen-bond acceptors (Lipinski definition) is 3. The topological polar surface area (TPSA) is 46.3 Å². The molecule has 2 heterocycles. The van der Waals surface area contributed by atoms with E-state index in [1.807, 2.05) is 18.3 Å². The van der Waals surface area contributed by atoms with Crippen LogP contribution in [0.3, 0.4) is 0 Å². The van der Waals surface area contributed by atoms with E-state index in [1.54, 1.807) is 6.07 Å². The third-order valence-electron chi connectivity index (χ3n) is 5.87. The molecule has 1 N–H and O–H groups in total. The first-order chi connectivity index (χ1) is 13.6. The number of rotatable bonds is 10. The Morgan fingerprint density at radius 3 is 2.69 bits per heavy atom. The molecule has 0 bridgehead atoms. The van der Waals surface area contributed by atoms with Crippen LogP contribution >= 0.6 is 23.2 Å². The number of alkyl halides is 2. The summed E-state index contributed by atoms with van der Waals surface area (Å²) >= 11 is 13.3. The molecule has 1 radical (unpaired) electrons. The van der Waals surface area contributed by atoms with Gasteiger partial charge in [-0.3, -0.25) is 4.98 Å².